The van der Waals surface area contributed by atoms with E-state index in [0.717, 1.165) is 20.9 Å². The third kappa shape index (κ3) is 1.93. The second-order valence-corrected chi connectivity index (χ2v) is 4.89. The molecule has 0 bridgehead atoms. The van der Waals surface area contributed by atoms with Crippen molar-refractivity contribution in [2.75, 3.05) is 13.7 Å². The molecule has 0 spiro atoms. The van der Waals surface area contributed by atoms with Crippen LogP contribution in [0.5, 0.6) is 0 Å². The van der Waals surface area contributed by atoms with Crippen molar-refractivity contribution in [3.63, 3.8) is 0 Å². The molecule has 0 amide bonds. The van der Waals surface area contributed by atoms with Gasteiger partial charge in [-0.25, -0.2) is 0 Å². The van der Waals surface area contributed by atoms with Gasteiger partial charge in [0.1, 0.15) is 12.8 Å². The van der Waals surface area contributed by atoms with Crippen molar-refractivity contribution >= 4 is 32.6 Å². The van der Waals surface area contributed by atoms with Gasteiger partial charge in [-0.15, -0.1) is 0 Å². The van der Waals surface area contributed by atoms with E-state index in [1.54, 1.807) is 11.8 Å². The van der Waals surface area contributed by atoms with Crippen molar-refractivity contribution in [1.82, 2.24) is 4.73 Å². The summed E-state index contributed by atoms with van der Waals surface area (Å²) < 4.78 is 2.52. The number of nitrogens with two attached hydrogens (primary N) is 1. The van der Waals surface area contributed by atoms with E-state index in [4.69, 9.17) is 10.6 Å². The average molecular weight is 311 g/mol. The van der Waals surface area contributed by atoms with Crippen LogP contribution in [0.15, 0.2) is 22.7 Å². The molecule has 2 N–H and O–H groups in total. The maximum Gasteiger partial charge on any atom is 0.179 e. The predicted octanol–water partition coefficient (Wildman–Crippen LogP) is 2.17. The van der Waals surface area contributed by atoms with Gasteiger partial charge in [-0.1, -0.05) is 22.0 Å². The normalized spacial score (nSPS) is 10.9. The third-order valence-corrected chi connectivity index (χ3v) is 3.57. The summed E-state index contributed by atoms with van der Waals surface area (Å²) in [6.07, 6.45) is 0.643. The second kappa shape index (κ2) is 5.12. The lowest BCUT2D eigenvalue weighted by molar-refractivity contribution is 0.0961. The summed E-state index contributed by atoms with van der Waals surface area (Å²) in [5, 5.41) is 0.995. The van der Waals surface area contributed by atoms with Crippen LogP contribution < -0.4 is 10.6 Å². The van der Waals surface area contributed by atoms with E-state index < -0.39 is 0 Å². The van der Waals surface area contributed by atoms with Crippen LogP contribution in [0.25, 0.3) is 10.9 Å². The van der Waals surface area contributed by atoms with Crippen molar-refractivity contribution in [1.29, 1.82) is 0 Å². The monoisotopic (exact) mass is 310 g/mol. The standard InChI is InChI=1S/C13H15BrN2O2/c1-8(17)13-9(6-7-15)12-10(14)4-3-5-11(12)16(13)18-2/h3-5H,6-7,15H2,1-2H3. The van der Waals surface area contributed by atoms with E-state index in [1.807, 2.05) is 18.2 Å². The smallest absolute Gasteiger partial charge is 0.179 e. The van der Waals surface area contributed by atoms with Crippen LogP contribution in [0.4, 0.5) is 0 Å². The zero-order chi connectivity index (χ0) is 13.3. The summed E-state index contributed by atoms with van der Waals surface area (Å²) in [6.45, 7) is 2.03. The Morgan fingerprint density at radius 2 is 2.22 bits per heavy atom. The average Bonchev–Trinajstić information content (AvgIpc) is 2.65. The Hall–Kier alpha value is -1.33. The Kier molecular flexibility index (Phi) is 3.73. The minimum absolute atomic E-state index is 0.0246. The van der Waals surface area contributed by atoms with E-state index in [0.29, 0.717) is 18.7 Å². The second-order valence-electron chi connectivity index (χ2n) is 4.03. The van der Waals surface area contributed by atoms with Crippen molar-refractivity contribution in [2.45, 2.75) is 13.3 Å². The molecule has 1 aromatic carbocycles. The number of fused-ring (bicyclic) bond motifs is 1. The molecule has 4 nitrogen and oxygen atoms in total. The fraction of sp³-hybridized carbons (Fsp3) is 0.308. The molecule has 0 unspecified atom stereocenters. The number of halogens is 1. The molecule has 0 fully saturated rings. The molecule has 96 valence electrons. The topological polar surface area (TPSA) is 57.2 Å². The van der Waals surface area contributed by atoms with Gasteiger partial charge >= 0.3 is 0 Å². The van der Waals surface area contributed by atoms with Crippen LogP contribution in [0.2, 0.25) is 0 Å². The van der Waals surface area contributed by atoms with Gasteiger partial charge in [-0.3, -0.25) is 4.79 Å². The molecule has 1 aromatic heterocycles. The first-order valence-corrected chi connectivity index (χ1v) is 6.48. The molecule has 2 rings (SSSR count). The van der Waals surface area contributed by atoms with Gasteiger partial charge in [0.05, 0.1) is 5.52 Å². The number of hydrogen-bond acceptors (Lipinski definition) is 3. The van der Waals surface area contributed by atoms with Crippen LogP contribution in [0.1, 0.15) is 23.0 Å². The van der Waals surface area contributed by atoms with E-state index in [-0.39, 0.29) is 5.78 Å². The SMILES string of the molecule is COn1c(C(C)=O)c(CCN)c2c(Br)cccc21. The highest BCUT2D eigenvalue weighted by atomic mass is 79.9. The van der Waals surface area contributed by atoms with Crippen LogP contribution in [0, 0.1) is 0 Å². The summed E-state index contributed by atoms with van der Waals surface area (Å²) >= 11 is 3.52. The quantitative estimate of drug-likeness (QED) is 0.881. The minimum atomic E-state index is -0.0246. The lowest BCUT2D eigenvalue weighted by atomic mass is 10.1. The molecular weight excluding hydrogens is 296 g/mol. The zero-order valence-corrected chi connectivity index (χ0v) is 12.0. The first-order chi connectivity index (χ1) is 8.61. The molecule has 0 saturated carbocycles. The maximum absolute atomic E-state index is 11.8. The number of ketones is 1. The Labute approximate surface area is 114 Å². The molecule has 5 heteroatoms. The number of nitrogens with zero attached hydrogens (tertiary/aromatic N) is 1. The van der Waals surface area contributed by atoms with Gasteiger partial charge in [0.2, 0.25) is 0 Å². The van der Waals surface area contributed by atoms with Crippen molar-refractivity contribution in [2.24, 2.45) is 5.73 Å². The van der Waals surface area contributed by atoms with Gasteiger partial charge in [0, 0.05) is 16.8 Å². The summed E-state index contributed by atoms with van der Waals surface area (Å²) in [7, 11) is 1.55. The lowest BCUT2D eigenvalue weighted by Crippen LogP contribution is -2.15. The van der Waals surface area contributed by atoms with E-state index in [1.165, 1.54) is 6.92 Å². The maximum atomic E-state index is 11.8. The molecule has 0 saturated heterocycles. The molecule has 0 aliphatic heterocycles. The highest BCUT2D eigenvalue weighted by Crippen LogP contribution is 2.32. The number of aromatic nitrogens is 1. The van der Waals surface area contributed by atoms with Crippen molar-refractivity contribution in [3.8, 4) is 0 Å². The Morgan fingerprint density at radius 3 is 2.78 bits per heavy atom. The zero-order valence-electron chi connectivity index (χ0n) is 10.4. The van der Waals surface area contributed by atoms with E-state index in [2.05, 4.69) is 15.9 Å². The van der Waals surface area contributed by atoms with E-state index in [9.17, 15) is 4.79 Å². The van der Waals surface area contributed by atoms with Crippen molar-refractivity contribution < 1.29 is 9.63 Å². The largest absolute Gasteiger partial charge is 0.416 e. The Balaban J connectivity index is 2.90. The van der Waals surface area contributed by atoms with Crippen LogP contribution in [0.3, 0.4) is 0 Å². The fourth-order valence-electron chi connectivity index (χ4n) is 2.28. The number of benzene rings is 1. The predicted molar refractivity (Wildman–Crippen MR) is 74.9 cm³/mol. The number of Topliss-reactive ketones (excluding diaryl/α,β-unsaturated/α-hetero) is 1. The highest BCUT2D eigenvalue weighted by Gasteiger charge is 2.21. The minimum Gasteiger partial charge on any atom is -0.416 e. The molecular formula is C13H15BrN2O2. The summed E-state index contributed by atoms with van der Waals surface area (Å²) in [6, 6.07) is 5.79. The highest BCUT2D eigenvalue weighted by molar-refractivity contribution is 9.10. The Bertz CT molecular complexity index is 605. The van der Waals surface area contributed by atoms with Gasteiger partial charge in [-0.2, -0.15) is 4.73 Å². The molecule has 1 heterocycles. The summed E-state index contributed by atoms with van der Waals surface area (Å²) in [5.74, 6) is -0.0246. The van der Waals surface area contributed by atoms with Gasteiger partial charge < -0.3 is 10.6 Å². The molecule has 18 heavy (non-hydrogen) atoms. The first kappa shape index (κ1) is 13.1. The van der Waals surface area contributed by atoms with E-state index >= 15 is 0 Å². The van der Waals surface area contributed by atoms with Crippen LogP contribution in [-0.4, -0.2) is 24.2 Å². The third-order valence-electron chi connectivity index (χ3n) is 2.91. The summed E-state index contributed by atoms with van der Waals surface area (Å²) in [4.78, 5) is 17.2. The van der Waals surface area contributed by atoms with Gasteiger partial charge in [-0.05, 0) is 30.7 Å². The molecule has 0 aliphatic carbocycles. The number of carbonyl (C=O) groups excluding carboxylic acids is 1. The first-order valence-electron chi connectivity index (χ1n) is 5.69. The fourth-order valence-corrected chi connectivity index (χ4v) is 2.87. The number of rotatable bonds is 4. The molecule has 0 radical (unpaired) electrons. The van der Waals surface area contributed by atoms with Gasteiger partial charge in [0.25, 0.3) is 0 Å². The number of carbonyl (C=O) groups is 1. The Morgan fingerprint density at radius 1 is 1.50 bits per heavy atom. The van der Waals surface area contributed by atoms with Crippen molar-refractivity contribution in [3.05, 3.63) is 33.9 Å². The number of hydrogen-bond donors (Lipinski definition) is 1. The molecule has 2 aromatic rings. The molecule has 0 aliphatic rings. The molecule has 0 atom stereocenters. The van der Waals surface area contributed by atoms with Crippen LogP contribution >= 0.6 is 15.9 Å². The van der Waals surface area contributed by atoms with Gasteiger partial charge in [0.15, 0.2) is 5.78 Å². The van der Waals surface area contributed by atoms with Crippen LogP contribution in [-0.2, 0) is 6.42 Å². The lowest BCUT2D eigenvalue weighted by Gasteiger charge is -2.06. The summed E-state index contributed by atoms with van der Waals surface area (Å²) in [5.41, 5.74) is 8.03.